The molecule has 0 unspecified atom stereocenters. The van der Waals surface area contributed by atoms with E-state index in [4.69, 9.17) is 16.4 Å². The zero-order valence-electron chi connectivity index (χ0n) is 35.0. The first-order chi connectivity index (χ1) is 27.8. The van der Waals surface area contributed by atoms with Gasteiger partial charge in [-0.25, -0.2) is 0 Å². The lowest BCUT2D eigenvalue weighted by molar-refractivity contribution is -0.148. The van der Waals surface area contributed by atoms with Crippen LogP contribution in [0.25, 0.3) is 0 Å². The molecule has 0 amide bonds. The average molecular weight is 809 g/mol. The van der Waals surface area contributed by atoms with E-state index in [-0.39, 0.29) is 31.4 Å². The lowest BCUT2D eigenvalue weighted by Gasteiger charge is -2.62. The first-order valence-corrected chi connectivity index (χ1v) is 19.8. The van der Waals surface area contributed by atoms with Crippen LogP contribution in [0.5, 0.6) is 0 Å². The maximum atomic E-state index is 10.7. The Morgan fingerprint density at radius 3 is 1.48 bits per heavy atom. The zero-order valence-corrected chi connectivity index (χ0v) is 35.0. The van der Waals surface area contributed by atoms with Crippen LogP contribution in [0.15, 0.2) is 0 Å². The standard InChI is InChI=1S/C27H48O2.C27H4.O2.22H2/c1-18(11-13-24(2,3)28)21-9-10-22-20-8-7-19-17-25(4,29)15-16-26(19,5)23(20)12-14-27(21,22)6;1-3-5-7-9-11-13-15-17-19-21-23-25-27-26-24-22-20-18-16-14-12-10-8-6-4-2;1-2;;;;;;;;;;;;;;;;;;;;;;/h18-23,28-29H,7-17H2,1-6H3;1H,2H3;;22*1H/t18-,19+,20+,21-,22+,23+,25-,26+,27-;;;;;;;;;;;;;;;;;;;;;;;;/m1......................../s1. The van der Waals surface area contributed by atoms with Crippen molar-refractivity contribution in [2.45, 2.75) is 130 Å². The van der Waals surface area contributed by atoms with E-state index in [0.29, 0.717) is 10.8 Å². The summed E-state index contributed by atoms with van der Waals surface area (Å²) in [7, 11) is 0. The second-order valence-corrected chi connectivity index (χ2v) is 16.7. The van der Waals surface area contributed by atoms with Crippen LogP contribution in [0.1, 0.15) is 150 Å². The van der Waals surface area contributed by atoms with Gasteiger partial charge in [0.1, 0.15) is 0 Å². The number of terminal acetylenes is 1. The highest BCUT2D eigenvalue weighted by atomic mass is 16.7. The molecule has 2 N–H and O–H groups in total. The molecule has 0 aromatic rings. The Bertz CT molecular complexity index is 2380. The van der Waals surface area contributed by atoms with Crippen LogP contribution in [-0.2, 0) is 0 Å². The molecule has 336 valence electrons. The molecular formula is C54H96O4. The highest BCUT2D eigenvalue weighted by Gasteiger charge is 2.61. The van der Waals surface area contributed by atoms with Gasteiger partial charge in [-0.15, -0.1) is 6.42 Å². The SMILES string of the molecule is C#CC#CC#CC#CC#CC#CC#CC#CC#CC#CC#CC#CC#CC.C[C@H](CCC(C)(C)O)[C@H]1CC[C@H]2[C@@H]3CC[C@H]4C[C@](C)(O)CC[C@]4(C)[C@H]3CC[C@]12C.O=O.[HH].[HH].[HH].[HH].[HH].[HH].[HH].[HH].[HH].[HH].[HH].[HH].[HH].[HH].[HH].[HH].[HH].[HH].[HH].[HH].[HH].[HH]. The Hall–Kier alpha value is -6.20. The highest BCUT2D eigenvalue weighted by Crippen LogP contribution is 2.68. The summed E-state index contributed by atoms with van der Waals surface area (Å²) < 4.78 is 0. The van der Waals surface area contributed by atoms with Crippen molar-refractivity contribution in [3.63, 3.8) is 0 Å². The summed E-state index contributed by atoms with van der Waals surface area (Å²) in [6, 6.07) is 0. The predicted molar refractivity (Wildman–Crippen MR) is 282 cm³/mol. The van der Waals surface area contributed by atoms with Crippen molar-refractivity contribution in [2.75, 3.05) is 0 Å². The van der Waals surface area contributed by atoms with Crippen LogP contribution in [-0.4, -0.2) is 21.4 Å². The number of rotatable bonds is 4. The fourth-order valence-electron chi connectivity index (χ4n) is 9.94. The van der Waals surface area contributed by atoms with Crippen molar-refractivity contribution < 1.29 is 41.6 Å². The fraction of sp³-hybridized carbons (Fsp3) is 0.519. The Kier molecular flexibility index (Phi) is 20.2. The van der Waals surface area contributed by atoms with E-state index in [1.807, 2.05) is 13.8 Å². The van der Waals surface area contributed by atoms with Crippen LogP contribution >= 0.6 is 0 Å². The van der Waals surface area contributed by atoms with Gasteiger partial charge in [0, 0.05) is 88.7 Å². The molecule has 4 aliphatic carbocycles. The third kappa shape index (κ3) is 15.4. The summed E-state index contributed by atoms with van der Waals surface area (Å²) >= 11 is 0. The Morgan fingerprint density at radius 2 is 1.05 bits per heavy atom. The van der Waals surface area contributed by atoms with E-state index < -0.39 is 11.2 Å². The number of hydrogen-bond donors (Lipinski definition) is 2. The van der Waals surface area contributed by atoms with Crippen LogP contribution in [0.3, 0.4) is 0 Å². The molecule has 0 bridgehead atoms. The molecule has 9 atom stereocenters. The van der Waals surface area contributed by atoms with Gasteiger partial charge in [0.05, 0.1) is 11.2 Å². The highest BCUT2D eigenvalue weighted by molar-refractivity contribution is 5.48. The van der Waals surface area contributed by atoms with Crippen LogP contribution in [0, 0.1) is 211 Å². The Morgan fingerprint density at radius 1 is 0.621 bits per heavy atom. The Labute approximate surface area is 382 Å². The van der Waals surface area contributed by atoms with E-state index >= 15 is 0 Å². The van der Waals surface area contributed by atoms with Gasteiger partial charge in [-0.3, -0.25) is 0 Å². The summed E-state index contributed by atoms with van der Waals surface area (Å²) in [5.74, 6) is 66.9. The number of fused-ring (bicyclic) bond motifs is 5. The smallest absolute Gasteiger partial charge is 0.0622 e. The van der Waals surface area contributed by atoms with Crippen LogP contribution in [0.2, 0.25) is 0 Å². The maximum absolute atomic E-state index is 10.7. The summed E-state index contributed by atoms with van der Waals surface area (Å²) in [6.45, 7) is 15.4. The summed E-state index contributed by atoms with van der Waals surface area (Å²) in [5.41, 5.74) is 0.0369. The number of hydrogen-bond acceptors (Lipinski definition) is 4. The molecule has 0 saturated heterocycles. The second kappa shape index (κ2) is 24.4. The molecule has 58 heavy (non-hydrogen) atoms. The van der Waals surface area contributed by atoms with Gasteiger partial charge in [-0.1, -0.05) is 26.7 Å². The van der Waals surface area contributed by atoms with E-state index in [1.165, 1.54) is 51.4 Å². The molecule has 0 heterocycles. The average Bonchev–Trinajstić information content (AvgIpc) is 3.55. The maximum Gasteiger partial charge on any atom is 0.0622 e. The second-order valence-electron chi connectivity index (χ2n) is 16.7. The lowest BCUT2D eigenvalue weighted by Crippen LogP contribution is -2.55. The minimum absolute atomic E-state index is 0. The molecule has 4 aliphatic rings. The summed E-state index contributed by atoms with van der Waals surface area (Å²) in [4.78, 5) is 14.0. The minimum Gasteiger partial charge on any atom is -0.390 e. The predicted octanol–water partition coefficient (Wildman–Crippen LogP) is 12.7. The topological polar surface area (TPSA) is 74.6 Å². The molecule has 4 rings (SSSR count). The third-order valence-electron chi connectivity index (χ3n) is 12.5. The fourth-order valence-corrected chi connectivity index (χ4v) is 9.94. The lowest BCUT2D eigenvalue weighted by atomic mass is 9.43. The van der Waals surface area contributed by atoms with E-state index in [2.05, 4.69) is 176 Å². The normalized spacial score (nSPS) is 27.4. The first kappa shape index (κ1) is 48.0. The van der Waals surface area contributed by atoms with E-state index in [1.54, 1.807) is 6.92 Å². The molecular weight excluding hydrogens is 713 g/mol. The van der Waals surface area contributed by atoms with Crippen LogP contribution < -0.4 is 0 Å². The third-order valence-corrected chi connectivity index (χ3v) is 12.5. The van der Waals surface area contributed by atoms with Gasteiger partial charge in [0.2, 0.25) is 0 Å². The van der Waals surface area contributed by atoms with Crippen molar-refractivity contribution >= 4 is 0 Å². The molecule has 0 aromatic heterocycles. The monoisotopic (exact) mass is 809 g/mol. The molecule has 0 aromatic carbocycles. The van der Waals surface area contributed by atoms with Crippen molar-refractivity contribution in [3.8, 4) is 154 Å². The van der Waals surface area contributed by atoms with Gasteiger partial charge >= 0.3 is 0 Å². The Balaban J connectivity index is -0.0000000351. The zero-order chi connectivity index (χ0) is 42.9. The van der Waals surface area contributed by atoms with Gasteiger partial charge in [0.25, 0.3) is 0 Å². The molecule has 4 nitrogen and oxygen atoms in total. The van der Waals surface area contributed by atoms with Crippen molar-refractivity contribution in [1.82, 2.24) is 0 Å². The van der Waals surface area contributed by atoms with Gasteiger partial charge < -0.3 is 10.2 Å². The molecule has 4 fully saturated rings. The van der Waals surface area contributed by atoms with Gasteiger partial charge in [0.15, 0.2) is 0 Å². The van der Waals surface area contributed by atoms with E-state index in [9.17, 15) is 10.2 Å². The van der Waals surface area contributed by atoms with Crippen molar-refractivity contribution in [3.05, 3.63) is 9.93 Å². The van der Waals surface area contributed by atoms with Gasteiger partial charge in [-0.05, 0) is 239 Å². The molecule has 0 spiro atoms. The van der Waals surface area contributed by atoms with E-state index in [0.717, 1.165) is 54.8 Å². The molecule has 0 radical (unpaired) electrons. The number of aliphatic hydroxyl groups is 2. The first-order valence-electron chi connectivity index (χ1n) is 19.8. The molecule has 4 heteroatoms. The van der Waals surface area contributed by atoms with Crippen molar-refractivity contribution in [1.29, 1.82) is 0 Å². The van der Waals surface area contributed by atoms with Crippen molar-refractivity contribution in [2.24, 2.45) is 46.3 Å². The summed E-state index contributed by atoms with van der Waals surface area (Å²) in [6.07, 6.45) is 18.7. The summed E-state index contributed by atoms with van der Waals surface area (Å²) in [5, 5.41) is 20.9. The largest absolute Gasteiger partial charge is 0.390 e. The minimum atomic E-state index is -0.528. The van der Waals surface area contributed by atoms with Gasteiger partial charge in [-0.2, -0.15) is 0 Å². The quantitative estimate of drug-likeness (QED) is 0.277. The molecule has 4 saturated carbocycles. The molecule has 0 aliphatic heterocycles. The van der Waals surface area contributed by atoms with Crippen LogP contribution in [0.4, 0.5) is 0 Å².